The summed E-state index contributed by atoms with van der Waals surface area (Å²) in [6, 6.07) is 21.3. The maximum atomic E-state index is 14.8. The average molecular weight is 594 g/mol. The number of carbonyl (C=O) groups excluding carboxylic acids is 3. The molecule has 228 valence electrons. The van der Waals surface area contributed by atoms with Gasteiger partial charge in [0.15, 0.2) is 0 Å². The van der Waals surface area contributed by atoms with Crippen LogP contribution in [0.1, 0.15) is 26.7 Å². The van der Waals surface area contributed by atoms with Gasteiger partial charge < -0.3 is 24.5 Å². The molecule has 1 spiro atoms. The topological polar surface area (TPSA) is 90.4 Å². The lowest BCUT2D eigenvalue weighted by molar-refractivity contribution is -0.147. The Hall–Kier alpha value is -4.27. The smallest absolute Gasteiger partial charge is 0.253 e. The monoisotopic (exact) mass is 593 g/mol. The summed E-state index contributed by atoms with van der Waals surface area (Å²) in [5.41, 5.74) is -0.792. The molecule has 3 heterocycles. The quantitative estimate of drug-likeness (QED) is 0.344. The summed E-state index contributed by atoms with van der Waals surface area (Å²) in [5, 5.41) is 12.3. The fourth-order valence-electron chi connectivity index (χ4n) is 7.75. The third-order valence-electron chi connectivity index (χ3n) is 9.72. The van der Waals surface area contributed by atoms with Crippen LogP contribution >= 0.6 is 0 Å². The number of rotatable bonds is 10. The largest absolute Gasteiger partial charge is 0.394 e. The lowest BCUT2D eigenvalue weighted by atomic mass is 9.66. The maximum absolute atomic E-state index is 14.8. The first kappa shape index (κ1) is 29.8. The number of aliphatic hydroxyl groups excluding tert-OH is 1. The lowest BCUT2D eigenvalue weighted by Crippen LogP contribution is -2.58. The zero-order chi connectivity index (χ0) is 31.2. The number of aliphatic hydroxyl groups is 1. The molecule has 44 heavy (non-hydrogen) atoms. The number of carbonyl (C=O) groups is 3. The van der Waals surface area contributed by atoms with Crippen LogP contribution < -0.4 is 9.80 Å². The molecule has 0 saturated carbocycles. The van der Waals surface area contributed by atoms with Crippen LogP contribution in [0, 0.1) is 11.8 Å². The minimum absolute atomic E-state index is 0.213. The van der Waals surface area contributed by atoms with E-state index in [1.54, 1.807) is 28.9 Å². The van der Waals surface area contributed by atoms with Crippen LogP contribution in [-0.2, 0) is 19.1 Å². The summed E-state index contributed by atoms with van der Waals surface area (Å²) in [6.07, 6.45) is 4.29. The molecular weight excluding hydrogens is 554 g/mol. The van der Waals surface area contributed by atoms with E-state index >= 15 is 0 Å². The second-order valence-electron chi connectivity index (χ2n) is 12.3. The average Bonchev–Trinajstić information content (AvgIpc) is 3.62. The van der Waals surface area contributed by atoms with Crippen molar-refractivity contribution in [3.05, 3.63) is 98.1 Å². The van der Waals surface area contributed by atoms with Crippen molar-refractivity contribution in [3.8, 4) is 0 Å². The van der Waals surface area contributed by atoms with Crippen LogP contribution in [0.4, 0.5) is 11.4 Å². The standard InChI is InChI=1S/C36H39N3O5/c1-5-20-37(27-14-8-7-9-15-27)32(41)29-30-33(42)39(24(3)23-40)31(36(30)19-18-35(29,4)44-36)34(43)38(21-6-2)28-17-16-25-12-10-11-13-26(25)22-28/h5-17,22,24,29-31,40H,1-2,18-21,23H2,3-4H3/t24-,29+,30+,31?,35-,36?/m1/s1. The molecule has 1 N–H and O–H groups in total. The normalized spacial score (nSPS) is 27.7. The van der Waals surface area contributed by atoms with Gasteiger partial charge in [-0.3, -0.25) is 14.4 Å². The number of benzene rings is 3. The molecule has 0 aromatic heterocycles. The number of nitrogens with zero attached hydrogens (tertiary/aromatic N) is 3. The highest BCUT2D eigenvalue weighted by Crippen LogP contribution is 2.64. The molecular formula is C36H39N3O5. The summed E-state index contributed by atoms with van der Waals surface area (Å²) in [5.74, 6) is -2.59. The molecule has 3 amide bonds. The number of fused-ring (bicyclic) bond motifs is 2. The molecule has 3 aliphatic heterocycles. The summed E-state index contributed by atoms with van der Waals surface area (Å²) in [4.78, 5) is 48.6. The van der Waals surface area contributed by atoms with E-state index < -0.39 is 35.1 Å². The van der Waals surface area contributed by atoms with Gasteiger partial charge in [-0.2, -0.15) is 0 Å². The maximum Gasteiger partial charge on any atom is 0.253 e. The molecule has 8 nitrogen and oxygen atoms in total. The van der Waals surface area contributed by atoms with Crippen molar-refractivity contribution in [1.29, 1.82) is 0 Å². The predicted octanol–water partition coefficient (Wildman–Crippen LogP) is 4.72. The molecule has 3 aromatic rings. The zero-order valence-corrected chi connectivity index (χ0v) is 25.3. The Balaban J connectivity index is 1.44. The fourth-order valence-corrected chi connectivity index (χ4v) is 7.75. The van der Waals surface area contributed by atoms with E-state index in [1.165, 1.54) is 4.90 Å². The van der Waals surface area contributed by atoms with Gasteiger partial charge in [0.05, 0.1) is 30.1 Å². The van der Waals surface area contributed by atoms with Crippen molar-refractivity contribution in [2.24, 2.45) is 11.8 Å². The molecule has 0 aliphatic carbocycles. The van der Waals surface area contributed by atoms with Crippen LogP contribution in [0.2, 0.25) is 0 Å². The summed E-state index contributed by atoms with van der Waals surface area (Å²) < 4.78 is 6.84. The SMILES string of the molecule is C=CCN(C(=O)C1N([C@H](C)CO)C(=O)[C@@H]2[C@@H](C(=O)N(CC=C)c3ccccc3)[C@@]3(C)CCC12O3)c1ccc2ccccc2c1. The fraction of sp³-hybridized carbons (Fsp3) is 0.361. The Bertz CT molecular complexity index is 1620. The highest BCUT2D eigenvalue weighted by Gasteiger charge is 2.78. The van der Waals surface area contributed by atoms with Crippen LogP contribution in [0.15, 0.2) is 98.1 Å². The summed E-state index contributed by atoms with van der Waals surface area (Å²) >= 11 is 0. The minimum atomic E-state index is -1.22. The first-order valence-corrected chi connectivity index (χ1v) is 15.2. The number of anilines is 2. The van der Waals surface area contributed by atoms with Gasteiger partial charge in [0.25, 0.3) is 5.91 Å². The van der Waals surface area contributed by atoms with Gasteiger partial charge in [0.2, 0.25) is 11.8 Å². The number of ether oxygens (including phenoxy) is 1. The Morgan fingerprint density at radius 1 is 0.955 bits per heavy atom. The van der Waals surface area contributed by atoms with Crippen LogP contribution in [0.3, 0.4) is 0 Å². The number of hydrogen-bond donors (Lipinski definition) is 1. The Kier molecular flexibility index (Phi) is 7.68. The second-order valence-corrected chi connectivity index (χ2v) is 12.3. The van der Waals surface area contributed by atoms with Crippen molar-refractivity contribution >= 4 is 39.9 Å². The van der Waals surface area contributed by atoms with Crippen molar-refractivity contribution in [1.82, 2.24) is 4.90 Å². The highest BCUT2D eigenvalue weighted by molar-refractivity contribution is 6.07. The van der Waals surface area contributed by atoms with E-state index in [1.807, 2.05) is 79.7 Å². The Morgan fingerprint density at radius 3 is 2.25 bits per heavy atom. The molecule has 3 saturated heterocycles. The molecule has 8 heteroatoms. The van der Waals surface area contributed by atoms with Crippen molar-refractivity contribution in [2.75, 3.05) is 29.5 Å². The van der Waals surface area contributed by atoms with Crippen molar-refractivity contribution in [3.63, 3.8) is 0 Å². The van der Waals surface area contributed by atoms with E-state index in [0.29, 0.717) is 24.2 Å². The van der Waals surface area contributed by atoms with Crippen LogP contribution in [0.25, 0.3) is 10.8 Å². The van der Waals surface area contributed by atoms with Gasteiger partial charge in [0.1, 0.15) is 11.6 Å². The van der Waals surface area contributed by atoms with Gasteiger partial charge >= 0.3 is 0 Å². The van der Waals surface area contributed by atoms with E-state index in [0.717, 1.165) is 10.8 Å². The molecule has 0 radical (unpaired) electrons. The predicted molar refractivity (Wildman–Crippen MR) is 171 cm³/mol. The third-order valence-corrected chi connectivity index (χ3v) is 9.72. The van der Waals surface area contributed by atoms with Gasteiger partial charge in [-0.1, -0.05) is 60.7 Å². The third kappa shape index (κ3) is 4.47. The number of likely N-dealkylation sites (tertiary alicyclic amines) is 1. The molecule has 6 rings (SSSR count). The number of hydrogen-bond acceptors (Lipinski definition) is 5. The highest BCUT2D eigenvalue weighted by atomic mass is 16.5. The van der Waals surface area contributed by atoms with Gasteiger partial charge in [-0.05, 0) is 61.7 Å². The molecule has 2 unspecified atom stereocenters. The molecule has 3 fully saturated rings. The first-order valence-electron chi connectivity index (χ1n) is 15.2. The Morgan fingerprint density at radius 2 is 1.59 bits per heavy atom. The zero-order valence-electron chi connectivity index (χ0n) is 25.3. The lowest BCUT2D eigenvalue weighted by Gasteiger charge is -2.38. The van der Waals surface area contributed by atoms with E-state index in [9.17, 15) is 19.5 Å². The summed E-state index contributed by atoms with van der Waals surface area (Å²) in [7, 11) is 0. The van der Waals surface area contributed by atoms with E-state index in [-0.39, 0.29) is 37.4 Å². The van der Waals surface area contributed by atoms with Gasteiger partial charge in [-0.15, -0.1) is 13.2 Å². The summed E-state index contributed by atoms with van der Waals surface area (Å²) in [6.45, 7) is 11.5. The van der Waals surface area contributed by atoms with Gasteiger partial charge in [-0.25, -0.2) is 0 Å². The molecule has 6 atom stereocenters. The van der Waals surface area contributed by atoms with Gasteiger partial charge in [0, 0.05) is 24.5 Å². The second kappa shape index (κ2) is 11.3. The first-order chi connectivity index (χ1) is 21.2. The number of amides is 3. The van der Waals surface area contributed by atoms with Crippen LogP contribution in [-0.4, -0.2) is 70.7 Å². The van der Waals surface area contributed by atoms with E-state index in [2.05, 4.69) is 13.2 Å². The minimum Gasteiger partial charge on any atom is -0.394 e. The number of para-hydroxylation sites is 1. The molecule has 3 aromatic carbocycles. The van der Waals surface area contributed by atoms with E-state index in [4.69, 9.17) is 4.74 Å². The van der Waals surface area contributed by atoms with Crippen LogP contribution in [0.5, 0.6) is 0 Å². The van der Waals surface area contributed by atoms with Crippen molar-refractivity contribution in [2.45, 2.75) is 50.0 Å². The Labute approximate surface area is 258 Å². The van der Waals surface area contributed by atoms with Crippen molar-refractivity contribution < 1.29 is 24.2 Å². The molecule has 2 bridgehead atoms. The molecule has 3 aliphatic rings.